The van der Waals surface area contributed by atoms with Crippen molar-refractivity contribution in [2.45, 2.75) is 5.92 Å². The SMILES string of the molecule is Cn1cc2cc(-c3cnc4ccc(C(=O)N5CC6COCC(C5)C6(F)F)cc4n3)cnc2n1. The van der Waals surface area contributed by atoms with Crippen molar-refractivity contribution in [1.82, 2.24) is 29.6 Å². The zero-order valence-corrected chi connectivity index (χ0v) is 17.8. The zero-order chi connectivity index (χ0) is 22.7. The number of alkyl halides is 2. The molecule has 3 aromatic heterocycles. The number of benzene rings is 1. The molecule has 2 bridgehead atoms. The zero-order valence-electron chi connectivity index (χ0n) is 17.8. The van der Waals surface area contributed by atoms with Crippen molar-refractivity contribution in [3.05, 3.63) is 48.4 Å². The van der Waals surface area contributed by atoms with E-state index >= 15 is 0 Å². The van der Waals surface area contributed by atoms with Crippen molar-refractivity contribution in [2.24, 2.45) is 18.9 Å². The summed E-state index contributed by atoms with van der Waals surface area (Å²) in [7, 11) is 1.83. The first-order valence-electron chi connectivity index (χ1n) is 10.7. The molecule has 168 valence electrons. The summed E-state index contributed by atoms with van der Waals surface area (Å²) in [4.78, 5) is 28.2. The van der Waals surface area contributed by atoms with Crippen molar-refractivity contribution in [3.8, 4) is 11.3 Å². The molecule has 5 heterocycles. The molecule has 0 spiro atoms. The Hall–Kier alpha value is -3.53. The van der Waals surface area contributed by atoms with Crippen LogP contribution in [0.5, 0.6) is 0 Å². The number of aromatic nitrogens is 5. The molecule has 0 aliphatic carbocycles. The fraction of sp³-hybridized carbons (Fsp3) is 0.348. The van der Waals surface area contributed by atoms with Crippen molar-refractivity contribution >= 4 is 28.0 Å². The minimum Gasteiger partial charge on any atom is -0.380 e. The van der Waals surface area contributed by atoms with E-state index in [2.05, 4.69) is 20.1 Å². The van der Waals surface area contributed by atoms with E-state index in [1.807, 2.05) is 19.3 Å². The fourth-order valence-corrected chi connectivity index (χ4v) is 4.67. The third-order valence-electron chi connectivity index (χ3n) is 6.45. The third kappa shape index (κ3) is 3.32. The smallest absolute Gasteiger partial charge is 0.261 e. The van der Waals surface area contributed by atoms with E-state index in [4.69, 9.17) is 4.74 Å². The van der Waals surface area contributed by atoms with Gasteiger partial charge in [-0.25, -0.2) is 18.7 Å². The van der Waals surface area contributed by atoms with Gasteiger partial charge in [0, 0.05) is 49.0 Å². The minimum absolute atomic E-state index is 0.0249. The third-order valence-corrected chi connectivity index (χ3v) is 6.45. The lowest BCUT2D eigenvalue weighted by atomic mass is 9.83. The number of hydrogen-bond donors (Lipinski definition) is 0. The fourth-order valence-electron chi connectivity index (χ4n) is 4.67. The van der Waals surface area contributed by atoms with Crippen LogP contribution in [0.4, 0.5) is 8.78 Å². The summed E-state index contributed by atoms with van der Waals surface area (Å²) < 4.78 is 35.8. The van der Waals surface area contributed by atoms with E-state index in [0.29, 0.717) is 27.9 Å². The molecule has 2 unspecified atom stereocenters. The minimum atomic E-state index is -2.80. The van der Waals surface area contributed by atoms with Crippen molar-refractivity contribution in [3.63, 3.8) is 0 Å². The van der Waals surface area contributed by atoms with Gasteiger partial charge in [0.15, 0.2) is 5.65 Å². The van der Waals surface area contributed by atoms with Gasteiger partial charge in [-0.3, -0.25) is 14.5 Å². The van der Waals surface area contributed by atoms with Gasteiger partial charge in [0.25, 0.3) is 11.8 Å². The predicted octanol–water partition coefficient (Wildman–Crippen LogP) is 2.93. The van der Waals surface area contributed by atoms with E-state index in [1.165, 1.54) is 4.90 Å². The average Bonchev–Trinajstić information content (AvgIpc) is 3.16. The average molecular weight is 450 g/mol. The second-order valence-electron chi connectivity index (χ2n) is 8.71. The Morgan fingerprint density at radius 2 is 1.88 bits per heavy atom. The van der Waals surface area contributed by atoms with E-state index in [9.17, 15) is 13.6 Å². The van der Waals surface area contributed by atoms with Crippen LogP contribution >= 0.6 is 0 Å². The number of amides is 1. The lowest BCUT2D eigenvalue weighted by Crippen LogP contribution is -2.60. The number of carbonyl (C=O) groups is 1. The predicted molar refractivity (Wildman–Crippen MR) is 116 cm³/mol. The first-order chi connectivity index (χ1) is 15.9. The highest BCUT2D eigenvalue weighted by atomic mass is 19.3. The number of carbonyl (C=O) groups excluding carboxylic acids is 1. The number of nitrogens with zero attached hydrogens (tertiary/aromatic N) is 6. The van der Waals surface area contributed by atoms with E-state index < -0.39 is 17.8 Å². The van der Waals surface area contributed by atoms with E-state index in [0.717, 1.165) is 10.9 Å². The Labute approximate surface area is 187 Å². The number of pyridine rings is 1. The summed E-state index contributed by atoms with van der Waals surface area (Å²) in [6.45, 7) is -0.115. The van der Waals surface area contributed by atoms with Crippen LogP contribution in [0.3, 0.4) is 0 Å². The number of fused-ring (bicyclic) bond motifs is 4. The number of ether oxygens (including phenoxy) is 1. The molecule has 2 saturated heterocycles. The molecule has 1 amide bonds. The number of likely N-dealkylation sites (tertiary alicyclic amines) is 1. The largest absolute Gasteiger partial charge is 0.380 e. The number of rotatable bonds is 2. The van der Waals surface area contributed by atoms with Crippen molar-refractivity contribution in [1.29, 1.82) is 0 Å². The Balaban J connectivity index is 1.32. The maximum atomic E-state index is 14.4. The molecule has 6 rings (SSSR count). The molecular weight excluding hydrogens is 430 g/mol. The maximum Gasteiger partial charge on any atom is 0.261 e. The molecule has 33 heavy (non-hydrogen) atoms. The van der Waals surface area contributed by atoms with E-state index in [1.54, 1.807) is 35.3 Å². The highest BCUT2D eigenvalue weighted by Crippen LogP contribution is 2.41. The van der Waals surface area contributed by atoms with Gasteiger partial charge in [0.05, 0.1) is 48.0 Å². The summed E-state index contributed by atoms with van der Waals surface area (Å²) in [5.74, 6) is -5.04. The van der Waals surface area contributed by atoms with Crippen LogP contribution in [-0.4, -0.2) is 67.8 Å². The van der Waals surface area contributed by atoms with Gasteiger partial charge in [-0.15, -0.1) is 0 Å². The standard InChI is InChI=1S/C23H20F2N6O2/c1-30-8-15-4-14(6-27-21(15)29-30)20-7-26-18-3-2-13(5-19(18)28-20)22(32)31-9-16-11-33-12-17(10-31)23(16,24)25/h2-8,16-17H,9-12H2,1H3. The number of halogens is 2. The van der Waals surface area contributed by atoms with Crippen LogP contribution < -0.4 is 0 Å². The Bertz CT molecular complexity index is 1390. The van der Waals surface area contributed by atoms with Crippen LogP contribution in [0, 0.1) is 11.8 Å². The summed E-state index contributed by atoms with van der Waals surface area (Å²) >= 11 is 0. The molecular formula is C23H20F2N6O2. The van der Waals surface area contributed by atoms with Crippen molar-refractivity contribution in [2.75, 3.05) is 26.3 Å². The first-order valence-corrected chi connectivity index (χ1v) is 10.7. The van der Waals surface area contributed by atoms with Crippen molar-refractivity contribution < 1.29 is 18.3 Å². The Morgan fingerprint density at radius 1 is 1.09 bits per heavy atom. The topological polar surface area (TPSA) is 86.0 Å². The summed E-state index contributed by atoms with van der Waals surface area (Å²) in [5.41, 5.74) is 3.64. The second kappa shape index (κ2) is 7.24. The maximum absolute atomic E-state index is 14.4. The number of piperidine rings is 1. The molecule has 2 aliphatic rings. The van der Waals surface area contributed by atoms with Crippen LogP contribution in [0.15, 0.2) is 42.9 Å². The van der Waals surface area contributed by atoms with Gasteiger partial charge in [0.1, 0.15) is 0 Å². The summed E-state index contributed by atoms with van der Waals surface area (Å²) in [6, 6.07) is 7.00. The van der Waals surface area contributed by atoms with E-state index in [-0.39, 0.29) is 32.2 Å². The second-order valence-corrected chi connectivity index (χ2v) is 8.71. The molecule has 4 aromatic rings. The number of aryl methyl sites for hydroxylation is 1. The molecule has 0 N–H and O–H groups in total. The first kappa shape index (κ1) is 20.1. The molecule has 0 saturated carbocycles. The van der Waals surface area contributed by atoms with Gasteiger partial charge < -0.3 is 9.64 Å². The molecule has 0 radical (unpaired) electrons. The van der Waals surface area contributed by atoms with Crippen LogP contribution in [-0.2, 0) is 11.8 Å². The number of hydrogen-bond acceptors (Lipinski definition) is 6. The van der Waals surface area contributed by atoms with Gasteiger partial charge in [-0.05, 0) is 24.3 Å². The lowest BCUT2D eigenvalue weighted by molar-refractivity contribution is -0.210. The quantitative estimate of drug-likeness (QED) is 0.467. The molecule has 8 nitrogen and oxygen atoms in total. The molecule has 1 aromatic carbocycles. The van der Waals surface area contributed by atoms with Crippen LogP contribution in [0.2, 0.25) is 0 Å². The van der Waals surface area contributed by atoms with Crippen LogP contribution in [0.25, 0.3) is 33.3 Å². The molecule has 2 fully saturated rings. The molecule has 2 atom stereocenters. The Kier molecular flexibility index (Phi) is 4.41. The highest BCUT2D eigenvalue weighted by Gasteiger charge is 2.54. The van der Waals surface area contributed by atoms with Gasteiger partial charge in [0.2, 0.25) is 0 Å². The monoisotopic (exact) mass is 450 g/mol. The summed E-state index contributed by atoms with van der Waals surface area (Å²) in [5, 5.41) is 5.16. The van der Waals surface area contributed by atoms with Gasteiger partial charge in [-0.1, -0.05) is 0 Å². The van der Waals surface area contributed by atoms with Gasteiger partial charge >= 0.3 is 0 Å². The normalized spacial score (nSPS) is 22.1. The highest BCUT2D eigenvalue weighted by molar-refractivity contribution is 5.97. The Morgan fingerprint density at radius 3 is 2.67 bits per heavy atom. The van der Waals surface area contributed by atoms with Crippen LogP contribution in [0.1, 0.15) is 10.4 Å². The van der Waals surface area contributed by atoms with Gasteiger partial charge in [-0.2, -0.15) is 5.10 Å². The molecule has 10 heteroatoms. The summed E-state index contributed by atoms with van der Waals surface area (Å²) in [6.07, 6.45) is 5.23. The lowest BCUT2D eigenvalue weighted by Gasteiger charge is -2.46. The molecule has 2 aliphatic heterocycles.